The van der Waals surface area contributed by atoms with E-state index in [2.05, 4.69) is 5.32 Å². The maximum atomic E-state index is 13.1. The van der Waals surface area contributed by atoms with E-state index in [9.17, 15) is 14.0 Å². The van der Waals surface area contributed by atoms with Gasteiger partial charge in [0.1, 0.15) is 11.6 Å². The number of carbonyl (C=O) groups excluding carboxylic acids is 2. The molecule has 0 heterocycles. The average molecular weight is 407 g/mol. The summed E-state index contributed by atoms with van der Waals surface area (Å²) in [6, 6.07) is 21.5. The zero-order chi connectivity index (χ0) is 21.3. The maximum absolute atomic E-state index is 13.1. The molecule has 3 rings (SSSR count). The smallest absolute Gasteiger partial charge is 0.307 e. The molecule has 0 aliphatic carbocycles. The minimum Gasteiger partial charge on any atom is -0.497 e. The third-order valence-corrected chi connectivity index (χ3v) is 4.48. The molecule has 1 amide bonds. The van der Waals surface area contributed by atoms with E-state index in [0.29, 0.717) is 17.7 Å². The van der Waals surface area contributed by atoms with Crippen molar-refractivity contribution in [1.82, 2.24) is 0 Å². The number of anilines is 1. The molecule has 1 atom stereocenters. The van der Waals surface area contributed by atoms with Crippen molar-refractivity contribution in [3.63, 3.8) is 0 Å². The number of esters is 1. The number of halogens is 1. The van der Waals surface area contributed by atoms with Crippen molar-refractivity contribution in [2.45, 2.75) is 18.9 Å². The molecular weight excluding hydrogens is 385 g/mol. The lowest BCUT2D eigenvalue weighted by Crippen LogP contribution is -2.26. The Hall–Kier alpha value is -3.67. The van der Waals surface area contributed by atoms with Crippen molar-refractivity contribution in [3.8, 4) is 5.75 Å². The fourth-order valence-electron chi connectivity index (χ4n) is 2.87. The molecule has 0 aromatic heterocycles. The van der Waals surface area contributed by atoms with Crippen molar-refractivity contribution in [1.29, 1.82) is 0 Å². The number of rotatable bonds is 8. The van der Waals surface area contributed by atoms with Gasteiger partial charge in [0.15, 0.2) is 0 Å². The first-order valence-electron chi connectivity index (χ1n) is 9.49. The summed E-state index contributed by atoms with van der Waals surface area (Å²) in [5, 5.41) is 2.66. The minimum atomic E-state index is -1.11. The summed E-state index contributed by atoms with van der Waals surface area (Å²) in [5.41, 5.74) is 1.92. The van der Waals surface area contributed by atoms with E-state index in [0.717, 1.165) is 11.3 Å². The second kappa shape index (κ2) is 10.2. The molecule has 0 saturated carbocycles. The van der Waals surface area contributed by atoms with Gasteiger partial charge in [0, 0.05) is 17.7 Å². The molecule has 0 saturated heterocycles. The first kappa shape index (κ1) is 21.0. The molecule has 0 unspecified atom stereocenters. The first-order chi connectivity index (χ1) is 14.5. The lowest BCUT2D eigenvalue weighted by Gasteiger charge is -2.18. The van der Waals surface area contributed by atoms with Crippen LogP contribution >= 0.6 is 0 Å². The summed E-state index contributed by atoms with van der Waals surface area (Å²) < 4.78 is 23.7. The third-order valence-electron chi connectivity index (χ3n) is 4.48. The number of benzene rings is 3. The zero-order valence-electron chi connectivity index (χ0n) is 16.5. The summed E-state index contributed by atoms with van der Waals surface area (Å²) in [6.07, 6.45) is -0.511. The quantitative estimate of drug-likeness (QED) is 0.550. The standard InChI is InChI=1S/C24H22FNO4/c1-29-21-14-7-17(8-15-21)9-16-22(27)30-23(18-5-3-2-4-6-18)24(28)26-20-12-10-19(25)11-13-20/h2-8,10-15,23H,9,16H2,1H3,(H,26,28)/t23-/m1/s1. The van der Waals surface area contributed by atoms with Gasteiger partial charge in [-0.05, 0) is 48.4 Å². The Balaban J connectivity index is 1.66. The normalized spacial score (nSPS) is 11.4. The highest BCUT2D eigenvalue weighted by Gasteiger charge is 2.25. The van der Waals surface area contributed by atoms with Crippen LogP contribution < -0.4 is 10.1 Å². The Morgan fingerprint density at radius 1 is 0.933 bits per heavy atom. The number of hydrogen-bond acceptors (Lipinski definition) is 4. The lowest BCUT2D eigenvalue weighted by molar-refractivity contribution is -0.154. The van der Waals surface area contributed by atoms with Crippen LogP contribution in [0, 0.1) is 5.82 Å². The summed E-state index contributed by atoms with van der Waals surface area (Å²) in [4.78, 5) is 25.2. The topological polar surface area (TPSA) is 64.6 Å². The van der Waals surface area contributed by atoms with E-state index >= 15 is 0 Å². The van der Waals surface area contributed by atoms with Gasteiger partial charge in [0.25, 0.3) is 5.91 Å². The van der Waals surface area contributed by atoms with Gasteiger partial charge in [0.05, 0.1) is 7.11 Å². The van der Waals surface area contributed by atoms with E-state index in [1.165, 1.54) is 24.3 Å². The Labute approximate surface area is 174 Å². The Kier molecular flexibility index (Phi) is 7.16. The lowest BCUT2D eigenvalue weighted by atomic mass is 10.1. The number of amides is 1. The number of hydrogen-bond donors (Lipinski definition) is 1. The van der Waals surface area contributed by atoms with Crippen LogP contribution in [0.4, 0.5) is 10.1 Å². The summed E-state index contributed by atoms with van der Waals surface area (Å²) in [6.45, 7) is 0. The van der Waals surface area contributed by atoms with Gasteiger partial charge in [0.2, 0.25) is 6.10 Å². The van der Waals surface area contributed by atoms with E-state index in [1.807, 2.05) is 30.3 Å². The highest BCUT2D eigenvalue weighted by Crippen LogP contribution is 2.21. The molecule has 1 N–H and O–H groups in total. The first-order valence-corrected chi connectivity index (χ1v) is 9.49. The summed E-state index contributed by atoms with van der Waals surface area (Å²) in [5.74, 6) is -0.667. The van der Waals surface area contributed by atoms with Crippen LogP contribution in [0.25, 0.3) is 0 Å². The number of aryl methyl sites for hydroxylation is 1. The molecule has 0 radical (unpaired) electrons. The number of carbonyl (C=O) groups is 2. The SMILES string of the molecule is COc1ccc(CCC(=O)O[C@@H](C(=O)Nc2ccc(F)cc2)c2ccccc2)cc1. The highest BCUT2D eigenvalue weighted by atomic mass is 19.1. The zero-order valence-corrected chi connectivity index (χ0v) is 16.5. The Morgan fingerprint density at radius 3 is 2.23 bits per heavy atom. The van der Waals surface area contributed by atoms with Gasteiger partial charge in [-0.1, -0.05) is 42.5 Å². The van der Waals surface area contributed by atoms with Crippen LogP contribution in [-0.4, -0.2) is 19.0 Å². The molecule has 0 bridgehead atoms. The maximum Gasteiger partial charge on any atom is 0.307 e. The van der Waals surface area contributed by atoms with Crippen molar-refractivity contribution in [2.75, 3.05) is 12.4 Å². The largest absolute Gasteiger partial charge is 0.497 e. The van der Waals surface area contributed by atoms with Crippen LogP contribution in [0.1, 0.15) is 23.7 Å². The summed E-state index contributed by atoms with van der Waals surface area (Å²) in [7, 11) is 1.59. The van der Waals surface area contributed by atoms with Crippen molar-refractivity contribution in [2.24, 2.45) is 0 Å². The molecule has 0 fully saturated rings. The monoisotopic (exact) mass is 407 g/mol. The fraction of sp³-hybridized carbons (Fsp3) is 0.167. The van der Waals surface area contributed by atoms with Gasteiger partial charge in [-0.2, -0.15) is 0 Å². The average Bonchev–Trinajstić information content (AvgIpc) is 2.78. The molecule has 30 heavy (non-hydrogen) atoms. The molecule has 0 aliphatic rings. The molecule has 3 aromatic carbocycles. The number of ether oxygens (including phenoxy) is 2. The van der Waals surface area contributed by atoms with Crippen LogP contribution in [0.5, 0.6) is 5.75 Å². The third kappa shape index (κ3) is 5.91. The van der Waals surface area contributed by atoms with Crippen LogP contribution in [-0.2, 0) is 20.7 Å². The van der Waals surface area contributed by atoms with Gasteiger partial charge >= 0.3 is 5.97 Å². The van der Waals surface area contributed by atoms with E-state index in [1.54, 1.807) is 31.4 Å². The van der Waals surface area contributed by atoms with E-state index in [4.69, 9.17) is 9.47 Å². The van der Waals surface area contributed by atoms with Crippen LogP contribution in [0.2, 0.25) is 0 Å². The molecule has 0 aliphatic heterocycles. The molecular formula is C24H22FNO4. The number of methoxy groups -OCH3 is 1. The van der Waals surface area contributed by atoms with Crippen molar-refractivity contribution < 1.29 is 23.5 Å². The van der Waals surface area contributed by atoms with Crippen molar-refractivity contribution >= 4 is 17.6 Å². The van der Waals surface area contributed by atoms with Gasteiger partial charge < -0.3 is 14.8 Å². The molecule has 154 valence electrons. The van der Waals surface area contributed by atoms with Crippen LogP contribution in [0.15, 0.2) is 78.9 Å². The van der Waals surface area contributed by atoms with Gasteiger partial charge in [-0.3, -0.25) is 9.59 Å². The van der Waals surface area contributed by atoms with Crippen molar-refractivity contribution in [3.05, 3.63) is 95.8 Å². The summed E-state index contributed by atoms with van der Waals surface area (Å²) >= 11 is 0. The molecule has 0 spiro atoms. The van der Waals surface area contributed by atoms with E-state index < -0.39 is 23.8 Å². The second-order valence-corrected chi connectivity index (χ2v) is 6.62. The Bertz CT molecular complexity index is 972. The van der Waals surface area contributed by atoms with Crippen LogP contribution in [0.3, 0.4) is 0 Å². The molecule has 5 nitrogen and oxygen atoms in total. The minimum absolute atomic E-state index is 0.124. The molecule has 6 heteroatoms. The highest BCUT2D eigenvalue weighted by molar-refractivity contribution is 5.96. The predicted octanol–water partition coefficient (Wildman–Crippen LogP) is 4.69. The Morgan fingerprint density at radius 2 is 1.60 bits per heavy atom. The van der Waals surface area contributed by atoms with Gasteiger partial charge in [-0.25, -0.2) is 4.39 Å². The fourth-order valence-corrected chi connectivity index (χ4v) is 2.87. The van der Waals surface area contributed by atoms with Gasteiger partial charge in [-0.15, -0.1) is 0 Å². The number of nitrogens with one attached hydrogen (secondary N) is 1. The van der Waals surface area contributed by atoms with E-state index in [-0.39, 0.29) is 6.42 Å². The predicted molar refractivity (Wildman–Crippen MR) is 112 cm³/mol. The second-order valence-electron chi connectivity index (χ2n) is 6.62. The molecule has 3 aromatic rings.